The number of nitrogens with zero attached hydrogens (tertiary/aromatic N) is 1. The molecule has 7 heteroatoms. The SMILES string of the molecule is Cc1cccc(NC(=O)CCCCCN2C(=O)[C@@H]3[C@H](C2=O)C2(Cl)c4ccccc4C3(Cl)c3ccccc32)c1C. The molecule has 1 fully saturated rings. The van der Waals surface area contributed by atoms with Gasteiger partial charge in [0.05, 0.1) is 11.8 Å². The van der Waals surface area contributed by atoms with Crippen LogP contribution in [0, 0.1) is 25.7 Å². The third-order valence-corrected chi connectivity index (χ3v) is 10.1. The Morgan fingerprint density at radius 2 is 1.28 bits per heavy atom. The average Bonchev–Trinajstić information content (AvgIpc) is 3.20. The van der Waals surface area contributed by atoms with Crippen LogP contribution in [0.5, 0.6) is 0 Å². The molecular formula is C32H30Cl2N2O3. The number of carbonyl (C=O) groups excluding carboxylic acids is 3. The van der Waals surface area contributed by atoms with E-state index in [1.807, 2.05) is 80.6 Å². The van der Waals surface area contributed by atoms with Crippen LogP contribution in [0.2, 0.25) is 0 Å². The summed E-state index contributed by atoms with van der Waals surface area (Å²) >= 11 is 14.9. The molecule has 1 saturated heterocycles. The molecule has 7 rings (SSSR count). The first-order valence-electron chi connectivity index (χ1n) is 13.5. The third kappa shape index (κ3) is 3.70. The molecule has 200 valence electrons. The molecule has 0 radical (unpaired) electrons. The van der Waals surface area contributed by atoms with Gasteiger partial charge in [-0.2, -0.15) is 0 Å². The van der Waals surface area contributed by atoms with E-state index < -0.39 is 21.6 Å². The number of imide groups is 1. The zero-order chi connectivity index (χ0) is 27.5. The minimum Gasteiger partial charge on any atom is -0.326 e. The fourth-order valence-corrected chi connectivity index (χ4v) is 7.87. The van der Waals surface area contributed by atoms with E-state index in [1.165, 1.54) is 4.90 Å². The molecule has 2 bridgehead atoms. The number of amides is 3. The van der Waals surface area contributed by atoms with Crippen molar-refractivity contribution in [2.45, 2.75) is 49.3 Å². The molecule has 3 aliphatic carbocycles. The second-order valence-corrected chi connectivity index (χ2v) is 12.1. The van der Waals surface area contributed by atoms with Crippen LogP contribution in [0.4, 0.5) is 5.69 Å². The lowest BCUT2D eigenvalue weighted by atomic mass is 9.54. The number of nitrogens with one attached hydrogen (secondary N) is 1. The maximum atomic E-state index is 13.8. The zero-order valence-corrected chi connectivity index (χ0v) is 23.5. The predicted octanol–water partition coefficient (Wildman–Crippen LogP) is 6.40. The molecule has 3 amide bonds. The number of alkyl halides is 2. The monoisotopic (exact) mass is 560 g/mol. The summed E-state index contributed by atoms with van der Waals surface area (Å²) in [5.41, 5.74) is 6.24. The van der Waals surface area contributed by atoms with Gasteiger partial charge in [0.15, 0.2) is 0 Å². The van der Waals surface area contributed by atoms with Gasteiger partial charge in [0.25, 0.3) is 0 Å². The van der Waals surface area contributed by atoms with Crippen molar-refractivity contribution in [3.8, 4) is 0 Å². The van der Waals surface area contributed by atoms with E-state index in [1.54, 1.807) is 0 Å². The van der Waals surface area contributed by atoms with Gasteiger partial charge in [-0.15, -0.1) is 23.2 Å². The van der Waals surface area contributed by atoms with Gasteiger partial charge < -0.3 is 5.32 Å². The smallest absolute Gasteiger partial charge is 0.235 e. The molecule has 1 heterocycles. The van der Waals surface area contributed by atoms with Gasteiger partial charge in [0, 0.05) is 18.7 Å². The summed E-state index contributed by atoms with van der Waals surface area (Å²) in [7, 11) is 0. The van der Waals surface area contributed by atoms with Gasteiger partial charge in [-0.3, -0.25) is 19.3 Å². The lowest BCUT2D eigenvalue weighted by Crippen LogP contribution is -2.57. The Kier molecular flexibility index (Phi) is 6.35. The van der Waals surface area contributed by atoms with E-state index in [0.717, 1.165) is 39.1 Å². The van der Waals surface area contributed by atoms with Gasteiger partial charge >= 0.3 is 0 Å². The number of benzene rings is 3. The Labute approximate surface area is 238 Å². The largest absolute Gasteiger partial charge is 0.326 e. The lowest BCUT2D eigenvalue weighted by Gasteiger charge is -2.54. The van der Waals surface area contributed by atoms with Crippen LogP contribution in [-0.2, 0) is 24.1 Å². The summed E-state index contributed by atoms with van der Waals surface area (Å²) in [5.74, 6) is -2.10. The number of hydrogen-bond donors (Lipinski definition) is 1. The van der Waals surface area contributed by atoms with Crippen molar-refractivity contribution < 1.29 is 14.4 Å². The number of anilines is 1. The van der Waals surface area contributed by atoms with Crippen LogP contribution in [-0.4, -0.2) is 29.2 Å². The molecule has 1 aliphatic heterocycles. The number of likely N-dealkylation sites (tertiary alicyclic amines) is 1. The van der Waals surface area contributed by atoms with Crippen molar-refractivity contribution in [3.05, 3.63) is 100 Å². The molecule has 2 atom stereocenters. The Morgan fingerprint density at radius 1 is 0.769 bits per heavy atom. The van der Waals surface area contributed by atoms with Gasteiger partial charge in [0.2, 0.25) is 17.7 Å². The second kappa shape index (κ2) is 9.50. The zero-order valence-electron chi connectivity index (χ0n) is 22.0. The number of hydrogen-bond acceptors (Lipinski definition) is 3. The first kappa shape index (κ1) is 26.1. The molecule has 4 aliphatic rings. The van der Waals surface area contributed by atoms with Crippen molar-refractivity contribution in [2.75, 3.05) is 11.9 Å². The molecule has 3 aromatic rings. The third-order valence-electron chi connectivity index (χ3n) is 8.84. The molecule has 39 heavy (non-hydrogen) atoms. The van der Waals surface area contributed by atoms with E-state index in [0.29, 0.717) is 25.7 Å². The number of rotatable bonds is 7. The van der Waals surface area contributed by atoms with Gasteiger partial charge in [0.1, 0.15) is 9.75 Å². The van der Waals surface area contributed by atoms with Gasteiger partial charge in [-0.25, -0.2) is 0 Å². The molecular weight excluding hydrogens is 531 g/mol. The van der Waals surface area contributed by atoms with Crippen LogP contribution in [0.25, 0.3) is 0 Å². The summed E-state index contributed by atoms with van der Waals surface area (Å²) in [6.45, 7) is 4.30. The standard InChI is InChI=1S/C32H30Cl2N2O3/c1-19-11-10-16-25(20(19)2)35-26(37)17-4-3-9-18-36-29(38)27-28(30(36)39)32(34)22-13-6-5-12-21(22)31(27,33)23-14-7-8-15-24(23)32/h5-8,10-16,27-28H,3-4,9,17-18H2,1-2H3,(H,35,37)/t27-,28+,31?,32?. The first-order chi connectivity index (χ1) is 18.7. The highest BCUT2D eigenvalue weighted by Crippen LogP contribution is 2.69. The number of carbonyl (C=O) groups is 3. The van der Waals surface area contributed by atoms with Crippen molar-refractivity contribution in [3.63, 3.8) is 0 Å². The maximum Gasteiger partial charge on any atom is 0.235 e. The Hall–Kier alpha value is -3.15. The summed E-state index contributed by atoms with van der Waals surface area (Å²) in [5, 5.41) is 2.99. The van der Waals surface area contributed by atoms with E-state index in [9.17, 15) is 14.4 Å². The highest BCUT2D eigenvalue weighted by molar-refractivity contribution is 6.36. The Balaban J connectivity index is 1.16. The maximum absolute atomic E-state index is 13.8. The van der Waals surface area contributed by atoms with E-state index in [2.05, 4.69) is 5.32 Å². The summed E-state index contributed by atoms with van der Waals surface area (Å²) in [4.78, 5) is 39.2. The summed E-state index contributed by atoms with van der Waals surface area (Å²) in [6.07, 6.45) is 2.36. The van der Waals surface area contributed by atoms with Crippen LogP contribution in [0.1, 0.15) is 59.1 Å². The molecule has 1 N–H and O–H groups in total. The van der Waals surface area contributed by atoms with Crippen molar-refractivity contribution >= 4 is 46.6 Å². The highest BCUT2D eigenvalue weighted by Gasteiger charge is 2.72. The molecule has 0 unspecified atom stereocenters. The second-order valence-electron chi connectivity index (χ2n) is 10.9. The minimum atomic E-state index is -1.15. The van der Waals surface area contributed by atoms with Crippen LogP contribution in [0.3, 0.4) is 0 Å². The van der Waals surface area contributed by atoms with E-state index in [4.69, 9.17) is 23.2 Å². The van der Waals surface area contributed by atoms with Gasteiger partial charge in [-0.05, 0) is 66.1 Å². The quantitative estimate of drug-likeness (QED) is 0.206. The first-order valence-corrected chi connectivity index (χ1v) is 14.3. The topological polar surface area (TPSA) is 66.5 Å². The fourth-order valence-electron chi connectivity index (χ4n) is 6.78. The summed E-state index contributed by atoms with van der Waals surface area (Å²) in [6, 6.07) is 21.2. The molecule has 0 aromatic heterocycles. The average molecular weight is 562 g/mol. The lowest BCUT2D eigenvalue weighted by molar-refractivity contribution is -0.140. The van der Waals surface area contributed by atoms with Crippen molar-refractivity contribution in [1.82, 2.24) is 4.90 Å². The van der Waals surface area contributed by atoms with Crippen molar-refractivity contribution in [1.29, 1.82) is 0 Å². The van der Waals surface area contributed by atoms with Gasteiger partial charge in [-0.1, -0.05) is 67.1 Å². The molecule has 0 saturated carbocycles. The van der Waals surface area contributed by atoms with Crippen LogP contribution in [0.15, 0.2) is 66.7 Å². The number of aryl methyl sites for hydroxylation is 1. The van der Waals surface area contributed by atoms with E-state index in [-0.39, 0.29) is 24.3 Å². The fraction of sp³-hybridized carbons (Fsp3) is 0.344. The van der Waals surface area contributed by atoms with Crippen LogP contribution < -0.4 is 5.32 Å². The van der Waals surface area contributed by atoms with Crippen LogP contribution >= 0.6 is 23.2 Å². The summed E-state index contributed by atoms with van der Waals surface area (Å²) < 4.78 is 0. The Bertz CT molecular complexity index is 1400. The predicted molar refractivity (Wildman–Crippen MR) is 153 cm³/mol. The molecule has 0 spiro atoms. The minimum absolute atomic E-state index is 0.0386. The Morgan fingerprint density at radius 3 is 1.79 bits per heavy atom. The van der Waals surface area contributed by atoms with E-state index >= 15 is 0 Å². The normalized spacial score (nSPS) is 26.3. The van der Waals surface area contributed by atoms with Crippen molar-refractivity contribution in [2.24, 2.45) is 11.8 Å². The highest BCUT2D eigenvalue weighted by atomic mass is 35.5. The number of halogens is 2. The molecule has 5 nitrogen and oxygen atoms in total. The number of unbranched alkanes of at least 4 members (excludes halogenated alkanes) is 2. The molecule has 3 aromatic carbocycles.